The fourth-order valence-corrected chi connectivity index (χ4v) is 4.57. The SMILES string of the molecule is COc1ccc(S(=O)(=O)Oc2ccc(CN(CC3CC3)C(=O)c3ccccc3Cl)cc2)cc1. The molecule has 172 valence electrons. The Morgan fingerprint density at radius 2 is 1.61 bits per heavy atom. The van der Waals surface area contributed by atoms with Crippen molar-refractivity contribution < 1.29 is 22.1 Å². The van der Waals surface area contributed by atoms with Crippen molar-refractivity contribution in [2.24, 2.45) is 5.92 Å². The summed E-state index contributed by atoms with van der Waals surface area (Å²) in [5.74, 6) is 1.14. The van der Waals surface area contributed by atoms with Crippen LogP contribution in [0.4, 0.5) is 0 Å². The van der Waals surface area contributed by atoms with Gasteiger partial charge in [-0.25, -0.2) is 0 Å². The van der Waals surface area contributed by atoms with E-state index < -0.39 is 10.1 Å². The number of hydrogen-bond acceptors (Lipinski definition) is 5. The minimum atomic E-state index is -3.97. The van der Waals surface area contributed by atoms with Gasteiger partial charge in [0.25, 0.3) is 5.91 Å². The zero-order chi connectivity index (χ0) is 23.4. The Hall–Kier alpha value is -3.03. The van der Waals surface area contributed by atoms with Crippen molar-refractivity contribution in [3.05, 3.63) is 88.9 Å². The second kappa shape index (κ2) is 9.85. The van der Waals surface area contributed by atoms with Gasteiger partial charge in [0.2, 0.25) is 0 Å². The molecule has 3 aromatic rings. The van der Waals surface area contributed by atoms with Gasteiger partial charge in [-0.2, -0.15) is 8.42 Å². The number of halogens is 1. The third-order valence-corrected chi connectivity index (χ3v) is 7.01. The monoisotopic (exact) mass is 485 g/mol. The number of nitrogens with zero attached hydrogens (tertiary/aromatic N) is 1. The molecule has 8 heteroatoms. The van der Waals surface area contributed by atoms with E-state index in [0.717, 1.165) is 18.4 Å². The molecule has 0 unspecified atom stereocenters. The van der Waals surface area contributed by atoms with E-state index in [1.165, 1.54) is 19.2 Å². The normalized spacial score (nSPS) is 13.4. The number of benzene rings is 3. The first-order chi connectivity index (χ1) is 15.9. The first kappa shape index (κ1) is 23.1. The molecule has 1 aliphatic carbocycles. The molecule has 1 fully saturated rings. The van der Waals surface area contributed by atoms with E-state index in [1.807, 2.05) is 0 Å². The van der Waals surface area contributed by atoms with Crippen LogP contribution in [-0.4, -0.2) is 32.9 Å². The maximum absolute atomic E-state index is 13.1. The van der Waals surface area contributed by atoms with Gasteiger partial charge < -0.3 is 13.8 Å². The van der Waals surface area contributed by atoms with Gasteiger partial charge in [0.15, 0.2) is 0 Å². The Bertz CT molecular complexity index is 1220. The van der Waals surface area contributed by atoms with Gasteiger partial charge in [0.05, 0.1) is 17.7 Å². The Kier molecular flexibility index (Phi) is 6.91. The van der Waals surface area contributed by atoms with E-state index in [9.17, 15) is 13.2 Å². The topological polar surface area (TPSA) is 72.9 Å². The lowest BCUT2D eigenvalue weighted by Crippen LogP contribution is -2.32. The molecule has 0 spiro atoms. The van der Waals surface area contributed by atoms with Gasteiger partial charge in [-0.05, 0) is 72.9 Å². The van der Waals surface area contributed by atoms with E-state index in [2.05, 4.69) is 0 Å². The number of carbonyl (C=O) groups excluding carboxylic acids is 1. The molecule has 1 saturated carbocycles. The third kappa shape index (κ3) is 5.86. The van der Waals surface area contributed by atoms with Gasteiger partial charge in [-0.1, -0.05) is 35.9 Å². The van der Waals surface area contributed by atoms with E-state index in [-0.39, 0.29) is 16.6 Å². The summed E-state index contributed by atoms with van der Waals surface area (Å²) in [6.45, 7) is 1.06. The number of rotatable bonds is 9. The molecule has 0 aromatic heterocycles. The van der Waals surface area contributed by atoms with Crippen molar-refractivity contribution in [1.82, 2.24) is 4.90 Å². The van der Waals surface area contributed by atoms with E-state index in [0.29, 0.717) is 35.3 Å². The van der Waals surface area contributed by atoms with Crippen LogP contribution in [0.25, 0.3) is 0 Å². The Morgan fingerprint density at radius 1 is 0.970 bits per heavy atom. The largest absolute Gasteiger partial charge is 0.497 e. The van der Waals surface area contributed by atoms with Crippen LogP contribution in [0.1, 0.15) is 28.8 Å². The summed E-state index contributed by atoms with van der Waals surface area (Å²) in [4.78, 5) is 14.9. The second-order valence-corrected chi connectivity index (χ2v) is 9.92. The van der Waals surface area contributed by atoms with Crippen LogP contribution in [0.3, 0.4) is 0 Å². The highest BCUT2D eigenvalue weighted by molar-refractivity contribution is 7.87. The lowest BCUT2D eigenvalue weighted by Gasteiger charge is -2.23. The Balaban J connectivity index is 1.46. The molecular weight excluding hydrogens is 462 g/mol. The maximum atomic E-state index is 13.1. The predicted octanol–water partition coefficient (Wildman–Crippen LogP) is 5.17. The quantitative estimate of drug-likeness (QED) is 0.391. The van der Waals surface area contributed by atoms with Crippen LogP contribution >= 0.6 is 11.6 Å². The average molecular weight is 486 g/mol. The fourth-order valence-electron chi connectivity index (χ4n) is 3.42. The summed E-state index contributed by atoms with van der Waals surface area (Å²) in [7, 11) is -2.46. The second-order valence-electron chi connectivity index (χ2n) is 7.97. The molecule has 0 saturated heterocycles. The number of methoxy groups -OCH3 is 1. The lowest BCUT2D eigenvalue weighted by molar-refractivity contribution is 0.0735. The van der Waals surface area contributed by atoms with Gasteiger partial charge in [-0.3, -0.25) is 4.79 Å². The molecule has 33 heavy (non-hydrogen) atoms. The predicted molar refractivity (Wildman–Crippen MR) is 126 cm³/mol. The number of ether oxygens (including phenoxy) is 1. The van der Waals surface area contributed by atoms with Crippen molar-refractivity contribution in [1.29, 1.82) is 0 Å². The van der Waals surface area contributed by atoms with Gasteiger partial charge in [0.1, 0.15) is 16.4 Å². The highest BCUT2D eigenvalue weighted by Gasteiger charge is 2.28. The van der Waals surface area contributed by atoms with Crippen LogP contribution in [0, 0.1) is 5.92 Å². The summed E-state index contributed by atoms with van der Waals surface area (Å²) in [6.07, 6.45) is 2.23. The van der Waals surface area contributed by atoms with Crippen molar-refractivity contribution in [2.75, 3.05) is 13.7 Å². The summed E-state index contributed by atoms with van der Waals surface area (Å²) in [5, 5.41) is 0.427. The Labute approximate surface area is 198 Å². The molecule has 4 rings (SSSR count). The zero-order valence-electron chi connectivity index (χ0n) is 18.1. The summed E-state index contributed by atoms with van der Waals surface area (Å²) >= 11 is 6.24. The first-order valence-electron chi connectivity index (χ1n) is 10.6. The number of amides is 1. The molecule has 0 radical (unpaired) electrons. The molecule has 0 N–H and O–H groups in total. The van der Waals surface area contributed by atoms with Crippen molar-refractivity contribution in [3.63, 3.8) is 0 Å². The summed E-state index contributed by atoms with van der Waals surface area (Å²) in [5.41, 5.74) is 1.34. The molecule has 0 aliphatic heterocycles. The van der Waals surface area contributed by atoms with Crippen LogP contribution in [0.5, 0.6) is 11.5 Å². The van der Waals surface area contributed by atoms with E-state index >= 15 is 0 Å². The van der Waals surface area contributed by atoms with Crippen LogP contribution < -0.4 is 8.92 Å². The van der Waals surface area contributed by atoms with E-state index in [4.69, 9.17) is 20.5 Å². The van der Waals surface area contributed by atoms with Crippen LogP contribution in [-0.2, 0) is 16.7 Å². The minimum absolute atomic E-state index is 0.0355. The number of carbonyl (C=O) groups is 1. The standard InChI is InChI=1S/C25H24ClNO5S/c1-31-20-12-14-22(15-13-20)33(29,30)32-21-10-8-19(9-11-21)17-27(16-18-6-7-18)25(28)23-4-2-3-5-24(23)26/h2-5,8-15,18H,6-7,16-17H2,1H3. The van der Waals surface area contributed by atoms with Crippen molar-refractivity contribution in [2.45, 2.75) is 24.3 Å². The Morgan fingerprint density at radius 3 is 2.21 bits per heavy atom. The van der Waals surface area contributed by atoms with Crippen LogP contribution in [0.2, 0.25) is 5.02 Å². The smallest absolute Gasteiger partial charge is 0.339 e. The molecule has 6 nitrogen and oxygen atoms in total. The molecule has 0 bridgehead atoms. The van der Waals surface area contributed by atoms with Crippen molar-refractivity contribution in [3.8, 4) is 11.5 Å². The van der Waals surface area contributed by atoms with Crippen molar-refractivity contribution >= 4 is 27.6 Å². The molecule has 1 aliphatic rings. The van der Waals surface area contributed by atoms with Gasteiger partial charge in [-0.15, -0.1) is 0 Å². The molecular formula is C25H24ClNO5S. The van der Waals surface area contributed by atoms with Crippen LogP contribution in [0.15, 0.2) is 77.7 Å². The highest BCUT2D eigenvalue weighted by Crippen LogP contribution is 2.31. The summed E-state index contributed by atoms with van der Waals surface area (Å²) in [6, 6.07) is 19.7. The zero-order valence-corrected chi connectivity index (χ0v) is 19.7. The fraction of sp³-hybridized carbons (Fsp3) is 0.240. The van der Waals surface area contributed by atoms with Gasteiger partial charge in [0, 0.05) is 13.1 Å². The molecule has 0 atom stereocenters. The maximum Gasteiger partial charge on any atom is 0.339 e. The van der Waals surface area contributed by atoms with Gasteiger partial charge >= 0.3 is 10.1 Å². The minimum Gasteiger partial charge on any atom is -0.497 e. The highest BCUT2D eigenvalue weighted by atomic mass is 35.5. The molecule has 3 aromatic carbocycles. The molecule has 1 amide bonds. The van der Waals surface area contributed by atoms with E-state index in [1.54, 1.807) is 65.6 Å². The number of hydrogen-bond donors (Lipinski definition) is 0. The lowest BCUT2D eigenvalue weighted by atomic mass is 10.1. The summed E-state index contributed by atoms with van der Waals surface area (Å²) < 4.78 is 35.4. The average Bonchev–Trinajstić information content (AvgIpc) is 3.64. The third-order valence-electron chi connectivity index (χ3n) is 5.42. The molecule has 0 heterocycles. The first-order valence-corrected chi connectivity index (χ1v) is 12.4.